The van der Waals surface area contributed by atoms with Gasteiger partial charge in [0, 0.05) is 32.2 Å². The lowest BCUT2D eigenvalue weighted by Crippen LogP contribution is -2.43. The van der Waals surface area contributed by atoms with Gasteiger partial charge in [0.2, 0.25) is 5.91 Å². The van der Waals surface area contributed by atoms with Gasteiger partial charge in [0.1, 0.15) is 0 Å². The zero-order valence-corrected chi connectivity index (χ0v) is 10.3. The number of hydrogen-bond acceptors (Lipinski definition) is 4. The Labute approximate surface area is 97.5 Å². The summed E-state index contributed by atoms with van der Waals surface area (Å²) in [4.78, 5) is 13.7. The van der Waals surface area contributed by atoms with Gasteiger partial charge in [-0.1, -0.05) is 13.8 Å². The molecule has 5 nitrogen and oxygen atoms in total. The van der Waals surface area contributed by atoms with Crippen molar-refractivity contribution in [2.24, 2.45) is 0 Å². The molecule has 0 aromatic heterocycles. The first-order valence-electron chi connectivity index (χ1n) is 5.98. The van der Waals surface area contributed by atoms with E-state index >= 15 is 0 Å². The first-order chi connectivity index (χ1) is 7.68. The molecule has 1 rings (SSSR count). The third-order valence-corrected chi connectivity index (χ3v) is 2.52. The number of morpholine rings is 1. The average Bonchev–Trinajstić information content (AvgIpc) is 2.28. The van der Waals surface area contributed by atoms with Gasteiger partial charge in [-0.15, -0.1) is 0 Å². The molecular weight excluding hydrogens is 206 g/mol. The fourth-order valence-corrected chi connectivity index (χ4v) is 1.54. The standard InChI is InChI=1S/C11H23N3O2/c1-10(2)13-9-11(15)12-3-4-14-5-7-16-8-6-14/h10,13H,3-9H2,1-2H3,(H,12,15). The van der Waals surface area contributed by atoms with E-state index in [1.807, 2.05) is 13.8 Å². The van der Waals surface area contributed by atoms with Gasteiger partial charge in [0.05, 0.1) is 19.8 Å². The minimum absolute atomic E-state index is 0.0713. The molecule has 0 radical (unpaired) electrons. The number of nitrogens with zero attached hydrogens (tertiary/aromatic N) is 1. The molecule has 0 saturated carbocycles. The summed E-state index contributed by atoms with van der Waals surface area (Å²) < 4.78 is 5.25. The molecule has 0 atom stereocenters. The highest BCUT2D eigenvalue weighted by molar-refractivity contribution is 5.77. The van der Waals surface area contributed by atoms with Gasteiger partial charge in [0.15, 0.2) is 0 Å². The topological polar surface area (TPSA) is 53.6 Å². The number of carbonyl (C=O) groups excluding carboxylic acids is 1. The van der Waals surface area contributed by atoms with Crippen molar-refractivity contribution < 1.29 is 9.53 Å². The fourth-order valence-electron chi connectivity index (χ4n) is 1.54. The molecule has 1 saturated heterocycles. The molecule has 1 aliphatic rings. The molecule has 16 heavy (non-hydrogen) atoms. The maximum Gasteiger partial charge on any atom is 0.234 e. The summed E-state index contributed by atoms with van der Waals surface area (Å²) >= 11 is 0. The van der Waals surface area contributed by atoms with E-state index in [0.29, 0.717) is 12.6 Å². The third-order valence-electron chi connectivity index (χ3n) is 2.52. The Kier molecular flexibility index (Phi) is 6.37. The van der Waals surface area contributed by atoms with E-state index in [4.69, 9.17) is 4.74 Å². The van der Waals surface area contributed by atoms with Crippen molar-refractivity contribution in [1.29, 1.82) is 0 Å². The molecule has 0 unspecified atom stereocenters. The number of carbonyl (C=O) groups is 1. The zero-order chi connectivity index (χ0) is 11.8. The molecule has 2 N–H and O–H groups in total. The Hall–Kier alpha value is -0.650. The van der Waals surface area contributed by atoms with E-state index in [1.54, 1.807) is 0 Å². The van der Waals surface area contributed by atoms with Gasteiger partial charge in [-0.3, -0.25) is 9.69 Å². The van der Waals surface area contributed by atoms with Crippen LogP contribution < -0.4 is 10.6 Å². The smallest absolute Gasteiger partial charge is 0.234 e. The summed E-state index contributed by atoms with van der Waals surface area (Å²) in [5.74, 6) is 0.0713. The average molecular weight is 229 g/mol. The van der Waals surface area contributed by atoms with Gasteiger partial charge in [0.25, 0.3) is 0 Å². The Balaban J connectivity index is 1.99. The van der Waals surface area contributed by atoms with Crippen LogP contribution in [-0.2, 0) is 9.53 Å². The second kappa shape index (κ2) is 7.60. The summed E-state index contributed by atoms with van der Waals surface area (Å²) in [5.41, 5.74) is 0. The first-order valence-corrected chi connectivity index (χ1v) is 5.98. The predicted molar refractivity (Wildman–Crippen MR) is 63.4 cm³/mol. The number of hydrogen-bond donors (Lipinski definition) is 2. The molecule has 0 aliphatic carbocycles. The van der Waals surface area contributed by atoms with Crippen molar-refractivity contribution in [3.8, 4) is 0 Å². The summed E-state index contributed by atoms with van der Waals surface area (Å²) in [6, 6.07) is 0.352. The van der Waals surface area contributed by atoms with Gasteiger partial charge >= 0.3 is 0 Å². The minimum atomic E-state index is 0.0713. The number of ether oxygens (including phenoxy) is 1. The number of rotatable bonds is 6. The SMILES string of the molecule is CC(C)NCC(=O)NCCN1CCOCC1. The molecular formula is C11H23N3O2. The van der Waals surface area contributed by atoms with E-state index in [0.717, 1.165) is 39.4 Å². The summed E-state index contributed by atoms with van der Waals surface area (Å²) in [6.45, 7) is 9.66. The molecule has 1 heterocycles. The van der Waals surface area contributed by atoms with Crippen LogP contribution in [0.25, 0.3) is 0 Å². The summed E-state index contributed by atoms with van der Waals surface area (Å²) in [5, 5.41) is 5.99. The quantitative estimate of drug-likeness (QED) is 0.640. The summed E-state index contributed by atoms with van der Waals surface area (Å²) in [7, 11) is 0. The van der Waals surface area contributed by atoms with Gasteiger partial charge < -0.3 is 15.4 Å². The normalized spacial score (nSPS) is 17.7. The first kappa shape index (κ1) is 13.4. The van der Waals surface area contributed by atoms with E-state index in [-0.39, 0.29) is 5.91 Å². The molecule has 0 bridgehead atoms. The molecule has 5 heteroatoms. The fraction of sp³-hybridized carbons (Fsp3) is 0.909. The van der Waals surface area contributed by atoms with Crippen LogP contribution in [0.2, 0.25) is 0 Å². The van der Waals surface area contributed by atoms with Crippen LogP contribution in [0.15, 0.2) is 0 Å². The lowest BCUT2D eigenvalue weighted by atomic mass is 10.4. The van der Waals surface area contributed by atoms with Crippen molar-refractivity contribution in [2.75, 3.05) is 45.9 Å². The van der Waals surface area contributed by atoms with Crippen molar-refractivity contribution >= 4 is 5.91 Å². The monoisotopic (exact) mass is 229 g/mol. The predicted octanol–water partition coefficient (Wildman–Crippen LogP) is -0.567. The minimum Gasteiger partial charge on any atom is -0.379 e. The van der Waals surface area contributed by atoms with Gasteiger partial charge in [-0.25, -0.2) is 0 Å². The van der Waals surface area contributed by atoms with Crippen molar-refractivity contribution in [2.45, 2.75) is 19.9 Å². The van der Waals surface area contributed by atoms with E-state index in [2.05, 4.69) is 15.5 Å². The number of nitrogens with one attached hydrogen (secondary N) is 2. The number of amides is 1. The van der Waals surface area contributed by atoms with Crippen LogP contribution in [0.5, 0.6) is 0 Å². The van der Waals surface area contributed by atoms with Crippen LogP contribution in [-0.4, -0.2) is 62.8 Å². The Morgan fingerprint density at radius 3 is 2.69 bits per heavy atom. The molecule has 1 amide bonds. The molecule has 1 fully saturated rings. The highest BCUT2D eigenvalue weighted by Gasteiger charge is 2.09. The van der Waals surface area contributed by atoms with Gasteiger partial charge in [-0.2, -0.15) is 0 Å². The molecule has 0 aromatic rings. The molecule has 94 valence electrons. The van der Waals surface area contributed by atoms with Crippen molar-refractivity contribution in [3.05, 3.63) is 0 Å². The zero-order valence-electron chi connectivity index (χ0n) is 10.3. The van der Waals surface area contributed by atoms with Crippen LogP contribution in [0.1, 0.15) is 13.8 Å². The molecule has 0 aromatic carbocycles. The summed E-state index contributed by atoms with van der Waals surface area (Å²) in [6.07, 6.45) is 0. The maximum absolute atomic E-state index is 11.4. The lowest BCUT2D eigenvalue weighted by molar-refractivity contribution is -0.120. The van der Waals surface area contributed by atoms with Crippen LogP contribution in [0.4, 0.5) is 0 Å². The lowest BCUT2D eigenvalue weighted by Gasteiger charge is -2.26. The highest BCUT2D eigenvalue weighted by atomic mass is 16.5. The second-order valence-electron chi connectivity index (χ2n) is 4.34. The highest BCUT2D eigenvalue weighted by Crippen LogP contribution is 1.94. The Morgan fingerprint density at radius 2 is 2.06 bits per heavy atom. The second-order valence-corrected chi connectivity index (χ2v) is 4.34. The van der Waals surface area contributed by atoms with Crippen LogP contribution >= 0.6 is 0 Å². The van der Waals surface area contributed by atoms with E-state index in [9.17, 15) is 4.79 Å². The van der Waals surface area contributed by atoms with E-state index in [1.165, 1.54) is 0 Å². The maximum atomic E-state index is 11.4. The molecule has 1 aliphatic heterocycles. The van der Waals surface area contributed by atoms with Crippen molar-refractivity contribution in [1.82, 2.24) is 15.5 Å². The molecule has 0 spiro atoms. The Morgan fingerprint density at radius 1 is 1.38 bits per heavy atom. The largest absolute Gasteiger partial charge is 0.379 e. The van der Waals surface area contributed by atoms with Gasteiger partial charge in [-0.05, 0) is 0 Å². The van der Waals surface area contributed by atoms with Crippen LogP contribution in [0, 0.1) is 0 Å². The van der Waals surface area contributed by atoms with Crippen molar-refractivity contribution in [3.63, 3.8) is 0 Å². The van der Waals surface area contributed by atoms with E-state index < -0.39 is 0 Å². The Bertz CT molecular complexity index is 203. The third kappa shape index (κ3) is 6.05. The van der Waals surface area contributed by atoms with Crippen LogP contribution in [0.3, 0.4) is 0 Å².